The fourth-order valence-electron chi connectivity index (χ4n) is 5.03. The Morgan fingerprint density at radius 3 is 2.06 bits per heavy atom. The Hall–Kier alpha value is -0.410. The second-order valence-electron chi connectivity index (χ2n) is 6.74. The number of carbonyl (C=O) groups is 1. The van der Waals surface area contributed by atoms with Gasteiger partial charge in [-0.05, 0) is 63.3 Å². The van der Waals surface area contributed by atoms with Crippen molar-refractivity contribution >= 4 is 5.78 Å². The van der Waals surface area contributed by atoms with E-state index in [4.69, 9.17) is 5.73 Å². The summed E-state index contributed by atoms with van der Waals surface area (Å²) in [5, 5.41) is 0. The number of Topliss-reactive ketones (excluding diaryl/α,β-unsaturated/α-hetero) is 1. The predicted molar refractivity (Wildman–Crippen MR) is 67.6 cm³/mol. The van der Waals surface area contributed by atoms with Crippen LogP contribution in [0.3, 0.4) is 0 Å². The molecule has 0 atom stereocenters. The number of hydrogen-bond acceptors (Lipinski definition) is 3. The van der Waals surface area contributed by atoms with Crippen LogP contribution in [0.4, 0.5) is 0 Å². The molecule has 17 heavy (non-hydrogen) atoms. The van der Waals surface area contributed by atoms with E-state index in [0.29, 0.717) is 12.1 Å². The molecule has 3 nitrogen and oxygen atoms in total. The molecule has 0 aromatic rings. The first kappa shape index (κ1) is 11.7. The maximum absolute atomic E-state index is 11.5. The van der Waals surface area contributed by atoms with Crippen molar-refractivity contribution in [3.63, 3.8) is 0 Å². The lowest BCUT2D eigenvalue weighted by atomic mass is 9.52. The van der Waals surface area contributed by atoms with Gasteiger partial charge in [-0.1, -0.05) is 0 Å². The highest BCUT2D eigenvalue weighted by Crippen LogP contribution is 2.57. The Labute approximate surface area is 104 Å². The van der Waals surface area contributed by atoms with E-state index in [-0.39, 0.29) is 12.3 Å². The highest BCUT2D eigenvalue weighted by Gasteiger charge is 2.52. The second kappa shape index (κ2) is 4.06. The molecule has 96 valence electrons. The first-order valence-electron chi connectivity index (χ1n) is 7.04. The normalized spacial score (nSPS) is 43.4. The molecule has 4 aliphatic carbocycles. The molecule has 0 spiro atoms. The van der Waals surface area contributed by atoms with Gasteiger partial charge in [0.05, 0.1) is 13.1 Å². The predicted octanol–water partition coefficient (Wildman–Crippen LogP) is 1.41. The van der Waals surface area contributed by atoms with Crippen LogP contribution in [-0.4, -0.2) is 36.4 Å². The van der Waals surface area contributed by atoms with E-state index >= 15 is 0 Å². The van der Waals surface area contributed by atoms with Crippen molar-refractivity contribution in [1.29, 1.82) is 0 Å². The molecule has 4 bridgehead atoms. The van der Waals surface area contributed by atoms with Crippen molar-refractivity contribution in [2.75, 3.05) is 20.1 Å². The van der Waals surface area contributed by atoms with Crippen LogP contribution in [-0.2, 0) is 4.79 Å². The summed E-state index contributed by atoms with van der Waals surface area (Å²) >= 11 is 0. The molecule has 4 aliphatic rings. The molecule has 0 saturated heterocycles. The molecule has 4 saturated carbocycles. The highest BCUT2D eigenvalue weighted by molar-refractivity contribution is 5.82. The Morgan fingerprint density at radius 2 is 1.65 bits per heavy atom. The monoisotopic (exact) mass is 236 g/mol. The molecule has 0 heterocycles. The molecule has 0 aliphatic heterocycles. The third-order valence-electron chi connectivity index (χ3n) is 5.46. The lowest BCUT2D eigenvalue weighted by molar-refractivity contribution is -0.125. The molecule has 3 heteroatoms. The van der Waals surface area contributed by atoms with Crippen molar-refractivity contribution in [2.45, 2.75) is 44.1 Å². The van der Waals surface area contributed by atoms with E-state index in [1.807, 2.05) is 0 Å². The van der Waals surface area contributed by atoms with Gasteiger partial charge in [0.2, 0.25) is 0 Å². The summed E-state index contributed by atoms with van der Waals surface area (Å²) in [4.78, 5) is 13.9. The van der Waals surface area contributed by atoms with Crippen molar-refractivity contribution in [3.05, 3.63) is 0 Å². The van der Waals surface area contributed by atoms with Gasteiger partial charge in [0, 0.05) is 5.54 Å². The van der Waals surface area contributed by atoms with Crippen LogP contribution in [0.5, 0.6) is 0 Å². The number of hydrogen-bond donors (Lipinski definition) is 1. The van der Waals surface area contributed by atoms with E-state index in [1.54, 1.807) is 0 Å². The van der Waals surface area contributed by atoms with Crippen LogP contribution in [0.15, 0.2) is 0 Å². The van der Waals surface area contributed by atoms with E-state index in [1.165, 1.54) is 38.5 Å². The zero-order chi connectivity index (χ0) is 12.0. The van der Waals surface area contributed by atoms with E-state index in [0.717, 1.165) is 17.8 Å². The number of likely N-dealkylation sites (N-methyl/N-ethyl adjacent to an activating group) is 1. The number of ketones is 1. The largest absolute Gasteiger partial charge is 0.324 e. The zero-order valence-electron chi connectivity index (χ0n) is 10.8. The Morgan fingerprint density at radius 1 is 1.18 bits per heavy atom. The Kier molecular flexibility index (Phi) is 2.79. The summed E-state index contributed by atoms with van der Waals surface area (Å²) in [5.41, 5.74) is 5.78. The van der Waals surface area contributed by atoms with Gasteiger partial charge < -0.3 is 5.73 Å². The quantitative estimate of drug-likeness (QED) is 0.803. The van der Waals surface area contributed by atoms with Crippen molar-refractivity contribution in [1.82, 2.24) is 4.90 Å². The molecule has 0 aromatic carbocycles. The minimum absolute atomic E-state index is 0.184. The van der Waals surface area contributed by atoms with Gasteiger partial charge in [0.25, 0.3) is 0 Å². The standard InChI is InChI=1S/C14H24N2O/c1-16(9-13(17)8-15)14-5-10-2-11(6-14)4-12(3-10)7-14/h10-12H,2-9,15H2,1H3. The fraction of sp³-hybridized carbons (Fsp3) is 0.929. The third kappa shape index (κ3) is 1.93. The van der Waals surface area contributed by atoms with E-state index < -0.39 is 0 Å². The number of rotatable bonds is 4. The molecule has 4 fully saturated rings. The molecular weight excluding hydrogens is 212 g/mol. The Bertz CT molecular complexity index is 291. The number of nitrogens with zero attached hydrogens (tertiary/aromatic N) is 1. The van der Waals surface area contributed by atoms with Gasteiger partial charge in [-0.25, -0.2) is 0 Å². The topological polar surface area (TPSA) is 46.3 Å². The third-order valence-corrected chi connectivity index (χ3v) is 5.46. The summed E-state index contributed by atoms with van der Waals surface area (Å²) in [7, 11) is 2.14. The summed E-state index contributed by atoms with van der Waals surface area (Å²) < 4.78 is 0. The maximum atomic E-state index is 11.5. The lowest BCUT2D eigenvalue weighted by Crippen LogP contribution is -2.59. The molecule has 0 aromatic heterocycles. The fourth-order valence-corrected chi connectivity index (χ4v) is 5.03. The molecule has 4 rings (SSSR count). The molecular formula is C14H24N2O. The average molecular weight is 236 g/mol. The second-order valence-corrected chi connectivity index (χ2v) is 6.74. The van der Waals surface area contributed by atoms with Crippen molar-refractivity contribution in [3.8, 4) is 0 Å². The van der Waals surface area contributed by atoms with E-state index in [9.17, 15) is 4.79 Å². The summed E-state index contributed by atoms with van der Waals surface area (Å²) in [5.74, 6) is 3.01. The van der Waals surface area contributed by atoms with Gasteiger partial charge >= 0.3 is 0 Å². The number of nitrogens with two attached hydrogens (primary N) is 1. The van der Waals surface area contributed by atoms with Gasteiger partial charge in [0.1, 0.15) is 0 Å². The molecule has 0 radical (unpaired) electrons. The lowest BCUT2D eigenvalue weighted by Gasteiger charge is -2.59. The summed E-state index contributed by atoms with van der Waals surface area (Å²) in [6.45, 7) is 0.749. The van der Waals surface area contributed by atoms with Crippen LogP contribution in [0.25, 0.3) is 0 Å². The minimum atomic E-state index is 0.184. The first-order chi connectivity index (χ1) is 8.11. The highest BCUT2D eigenvalue weighted by atomic mass is 16.1. The van der Waals surface area contributed by atoms with Gasteiger partial charge in [0.15, 0.2) is 5.78 Å². The molecule has 0 unspecified atom stereocenters. The van der Waals surface area contributed by atoms with E-state index in [2.05, 4.69) is 11.9 Å². The van der Waals surface area contributed by atoms with Crippen LogP contribution in [0, 0.1) is 17.8 Å². The molecule has 0 amide bonds. The summed E-state index contributed by atoms with van der Waals surface area (Å²) in [6.07, 6.45) is 8.35. The van der Waals surface area contributed by atoms with Gasteiger partial charge in [-0.15, -0.1) is 0 Å². The van der Waals surface area contributed by atoms with Crippen LogP contribution in [0.1, 0.15) is 38.5 Å². The summed E-state index contributed by atoms with van der Waals surface area (Å²) in [6, 6.07) is 0. The van der Waals surface area contributed by atoms with Gasteiger partial charge in [-0.3, -0.25) is 9.69 Å². The zero-order valence-corrected chi connectivity index (χ0v) is 10.8. The van der Waals surface area contributed by atoms with Crippen molar-refractivity contribution < 1.29 is 4.79 Å². The minimum Gasteiger partial charge on any atom is -0.324 e. The average Bonchev–Trinajstić information content (AvgIpc) is 2.26. The maximum Gasteiger partial charge on any atom is 0.160 e. The first-order valence-corrected chi connectivity index (χ1v) is 7.04. The molecule has 2 N–H and O–H groups in total. The SMILES string of the molecule is CN(CC(=O)CN)C12CC3CC(CC(C3)C1)C2. The van der Waals surface area contributed by atoms with Crippen LogP contribution in [0.2, 0.25) is 0 Å². The number of carbonyl (C=O) groups excluding carboxylic acids is 1. The van der Waals surface area contributed by atoms with Gasteiger partial charge in [-0.2, -0.15) is 0 Å². The smallest absolute Gasteiger partial charge is 0.160 e. The van der Waals surface area contributed by atoms with Crippen LogP contribution >= 0.6 is 0 Å². The van der Waals surface area contributed by atoms with Crippen LogP contribution < -0.4 is 5.73 Å². The van der Waals surface area contributed by atoms with Crippen molar-refractivity contribution in [2.24, 2.45) is 23.5 Å². The Balaban J connectivity index is 1.75.